The number of nitrogens with one attached hydrogen (secondary N) is 1. The summed E-state index contributed by atoms with van der Waals surface area (Å²) in [7, 11) is -3.43. The van der Waals surface area contributed by atoms with E-state index in [1.54, 1.807) is 25.1 Å². The molecular weight excluding hydrogens is 361 g/mol. The van der Waals surface area contributed by atoms with Crippen LogP contribution in [0.4, 0.5) is 5.69 Å². The maximum atomic E-state index is 12.7. The standard InChI is InChI=1S/C16H16AsNO3S/c1-12(2)16(19)18-14-10-6-7-11-15(14)22(20,21)17-13-8-4-3-5-9-13/h3-11,17H,1H2,2H3,(H,18,19). The fraction of sp³-hybridized carbons (Fsp3) is 0.0625. The predicted octanol–water partition coefficient (Wildman–Crippen LogP) is 1.65. The molecule has 0 fully saturated rings. The third kappa shape index (κ3) is 4.09. The number of anilines is 1. The predicted molar refractivity (Wildman–Crippen MR) is 90.3 cm³/mol. The van der Waals surface area contributed by atoms with Crippen LogP contribution in [0.15, 0.2) is 71.6 Å². The fourth-order valence-electron chi connectivity index (χ4n) is 1.75. The second kappa shape index (κ2) is 6.95. The Labute approximate surface area is 135 Å². The Hall–Kier alpha value is -1.84. The minimum absolute atomic E-state index is 0.161. The Morgan fingerprint density at radius 2 is 1.64 bits per heavy atom. The molecule has 0 radical (unpaired) electrons. The van der Waals surface area contributed by atoms with Crippen molar-refractivity contribution in [2.75, 3.05) is 5.32 Å². The van der Waals surface area contributed by atoms with Crippen LogP contribution in [0, 0.1) is 0 Å². The summed E-state index contributed by atoms with van der Waals surface area (Å²) in [6, 6.07) is 15.6. The maximum absolute atomic E-state index is 12.7. The van der Waals surface area contributed by atoms with Crippen molar-refractivity contribution in [2.45, 2.75) is 11.8 Å². The van der Waals surface area contributed by atoms with E-state index in [0.29, 0.717) is 11.3 Å². The van der Waals surface area contributed by atoms with Gasteiger partial charge in [0.2, 0.25) is 0 Å². The van der Waals surface area contributed by atoms with Crippen LogP contribution >= 0.6 is 0 Å². The van der Waals surface area contributed by atoms with Crippen LogP contribution in [0.1, 0.15) is 6.92 Å². The van der Waals surface area contributed by atoms with Crippen LogP contribution in [0.5, 0.6) is 0 Å². The Morgan fingerprint density at radius 3 is 2.27 bits per heavy atom. The van der Waals surface area contributed by atoms with Gasteiger partial charge in [0.15, 0.2) is 0 Å². The third-order valence-corrected chi connectivity index (χ3v) is 9.54. The molecule has 2 rings (SSSR count). The van der Waals surface area contributed by atoms with Gasteiger partial charge in [-0.25, -0.2) is 0 Å². The molecule has 0 aromatic heterocycles. The normalized spacial score (nSPS) is 11.5. The molecule has 0 aliphatic rings. The van der Waals surface area contributed by atoms with Crippen molar-refractivity contribution in [3.8, 4) is 0 Å². The molecule has 1 N–H and O–H groups in total. The van der Waals surface area contributed by atoms with Gasteiger partial charge >= 0.3 is 136 Å². The first kappa shape index (κ1) is 16.5. The summed E-state index contributed by atoms with van der Waals surface area (Å²) in [5.74, 6) is -0.387. The van der Waals surface area contributed by atoms with E-state index in [0.717, 1.165) is 4.35 Å². The van der Waals surface area contributed by atoms with Crippen LogP contribution in [0.2, 0.25) is 0 Å². The van der Waals surface area contributed by atoms with Crippen molar-refractivity contribution in [1.29, 1.82) is 0 Å². The van der Waals surface area contributed by atoms with E-state index in [9.17, 15) is 13.2 Å². The summed E-state index contributed by atoms with van der Waals surface area (Å²) >= 11 is -1.41. The van der Waals surface area contributed by atoms with E-state index in [1.807, 2.05) is 30.3 Å². The van der Waals surface area contributed by atoms with Gasteiger partial charge in [0, 0.05) is 0 Å². The SMILES string of the molecule is C=C(C)C(=O)Nc1ccccc1S(=O)(=O)[AsH]c1ccccc1. The van der Waals surface area contributed by atoms with E-state index in [1.165, 1.54) is 6.07 Å². The number of amides is 1. The summed E-state index contributed by atoms with van der Waals surface area (Å²) in [4.78, 5) is 11.9. The van der Waals surface area contributed by atoms with Gasteiger partial charge in [-0.3, -0.25) is 0 Å². The van der Waals surface area contributed by atoms with Crippen molar-refractivity contribution < 1.29 is 13.2 Å². The minimum atomic E-state index is -3.43. The number of hydrogen-bond donors (Lipinski definition) is 1. The van der Waals surface area contributed by atoms with Crippen LogP contribution in [-0.4, -0.2) is 28.9 Å². The van der Waals surface area contributed by atoms with Crippen molar-refractivity contribution in [1.82, 2.24) is 0 Å². The molecular formula is C16H16AsNO3S. The second-order valence-corrected chi connectivity index (χ2v) is 12.2. The summed E-state index contributed by atoms with van der Waals surface area (Å²) in [6.07, 6.45) is 0. The number of rotatable bonds is 5. The molecule has 22 heavy (non-hydrogen) atoms. The molecule has 0 heterocycles. The first-order chi connectivity index (χ1) is 10.4. The second-order valence-electron chi connectivity index (χ2n) is 4.70. The van der Waals surface area contributed by atoms with E-state index >= 15 is 0 Å². The Morgan fingerprint density at radius 1 is 1.05 bits per heavy atom. The Kier molecular flexibility index (Phi) is 5.22. The van der Waals surface area contributed by atoms with Gasteiger partial charge in [0.1, 0.15) is 0 Å². The van der Waals surface area contributed by atoms with E-state index in [2.05, 4.69) is 11.9 Å². The van der Waals surface area contributed by atoms with Gasteiger partial charge in [0.05, 0.1) is 0 Å². The molecule has 0 aliphatic heterocycles. The molecule has 6 heteroatoms. The molecule has 114 valence electrons. The molecule has 0 bridgehead atoms. The summed E-state index contributed by atoms with van der Waals surface area (Å²) < 4.78 is 26.1. The summed E-state index contributed by atoms with van der Waals surface area (Å²) in [6.45, 7) is 5.13. The molecule has 0 saturated heterocycles. The van der Waals surface area contributed by atoms with E-state index in [4.69, 9.17) is 0 Å². The Balaban J connectivity index is 2.35. The quantitative estimate of drug-likeness (QED) is 0.637. The van der Waals surface area contributed by atoms with Crippen molar-refractivity contribution in [2.24, 2.45) is 0 Å². The zero-order chi connectivity index (χ0) is 16.2. The van der Waals surface area contributed by atoms with Crippen molar-refractivity contribution in [3.63, 3.8) is 0 Å². The zero-order valence-corrected chi connectivity index (χ0v) is 15.0. The first-order valence-corrected chi connectivity index (χ1v) is 11.6. The van der Waals surface area contributed by atoms with Crippen LogP contribution in [0.3, 0.4) is 0 Å². The van der Waals surface area contributed by atoms with Crippen molar-refractivity contribution in [3.05, 3.63) is 66.7 Å². The van der Waals surface area contributed by atoms with Crippen LogP contribution < -0.4 is 9.67 Å². The monoisotopic (exact) mass is 377 g/mol. The van der Waals surface area contributed by atoms with Gasteiger partial charge in [0.25, 0.3) is 0 Å². The molecule has 2 aromatic rings. The molecule has 1 atom stereocenters. The molecule has 4 nitrogen and oxygen atoms in total. The first-order valence-electron chi connectivity index (χ1n) is 6.54. The van der Waals surface area contributed by atoms with E-state index < -0.39 is 22.7 Å². The third-order valence-electron chi connectivity index (χ3n) is 2.84. The van der Waals surface area contributed by atoms with Gasteiger partial charge in [-0.05, 0) is 0 Å². The van der Waals surface area contributed by atoms with E-state index in [-0.39, 0.29) is 10.8 Å². The molecule has 1 unspecified atom stereocenters. The van der Waals surface area contributed by atoms with Crippen LogP contribution in [-0.2, 0) is 12.9 Å². The van der Waals surface area contributed by atoms with Gasteiger partial charge < -0.3 is 0 Å². The number of para-hydroxylation sites is 1. The van der Waals surface area contributed by atoms with Gasteiger partial charge in [-0.1, -0.05) is 0 Å². The number of hydrogen-bond acceptors (Lipinski definition) is 3. The number of carbonyl (C=O) groups excluding carboxylic acids is 1. The number of carbonyl (C=O) groups is 1. The van der Waals surface area contributed by atoms with Crippen molar-refractivity contribution >= 4 is 38.6 Å². The zero-order valence-electron chi connectivity index (χ0n) is 12.0. The van der Waals surface area contributed by atoms with Gasteiger partial charge in [-0.15, -0.1) is 0 Å². The molecule has 0 saturated carbocycles. The summed E-state index contributed by atoms with van der Waals surface area (Å²) in [5.41, 5.74) is 0.626. The number of benzene rings is 2. The molecule has 0 spiro atoms. The fourth-order valence-corrected chi connectivity index (χ4v) is 8.00. The summed E-state index contributed by atoms with van der Waals surface area (Å²) in [5, 5.41) is 2.60. The van der Waals surface area contributed by atoms with Gasteiger partial charge in [-0.2, -0.15) is 0 Å². The topological polar surface area (TPSA) is 63.2 Å². The van der Waals surface area contributed by atoms with Crippen LogP contribution in [0.25, 0.3) is 0 Å². The molecule has 0 aliphatic carbocycles. The molecule has 1 amide bonds. The molecule has 2 aromatic carbocycles. The average Bonchev–Trinajstić information content (AvgIpc) is 2.48. The average molecular weight is 377 g/mol. The Bertz CT molecular complexity index is 801.